The average molecular weight is 406 g/mol. The van der Waals surface area contributed by atoms with Gasteiger partial charge in [0.1, 0.15) is 17.8 Å². The van der Waals surface area contributed by atoms with Crippen LogP contribution in [0.4, 0.5) is 0 Å². The van der Waals surface area contributed by atoms with E-state index in [0.717, 1.165) is 5.56 Å². The molecule has 9 heteroatoms. The molecule has 0 aromatic heterocycles. The number of carbonyl (C=O) groups excluding carboxylic acids is 2. The van der Waals surface area contributed by atoms with Crippen molar-refractivity contribution in [1.82, 2.24) is 10.2 Å². The number of unbranched alkanes of at least 4 members (excludes halogenated alkanes) is 1. The molecular formula is C20H30N4O5. The predicted molar refractivity (Wildman–Crippen MR) is 107 cm³/mol. The Morgan fingerprint density at radius 3 is 2.52 bits per heavy atom. The van der Waals surface area contributed by atoms with Gasteiger partial charge in [-0.15, -0.1) is 0 Å². The maximum Gasteiger partial charge on any atom is 0.326 e. The number of nitrogens with two attached hydrogens (primary N) is 2. The van der Waals surface area contributed by atoms with Crippen molar-refractivity contribution >= 4 is 17.8 Å². The van der Waals surface area contributed by atoms with E-state index in [0.29, 0.717) is 45.2 Å². The molecule has 29 heavy (non-hydrogen) atoms. The lowest BCUT2D eigenvalue weighted by Crippen LogP contribution is -2.54. The molecule has 3 atom stereocenters. The molecule has 0 radical (unpaired) electrons. The molecular weight excluding hydrogens is 376 g/mol. The second-order valence-corrected chi connectivity index (χ2v) is 7.35. The number of benzene rings is 1. The molecule has 7 N–H and O–H groups in total. The summed E-state index contributed by atoms with van der Waals surface area (Å²) in [5, 5.41) is 21.4. The molecule has 2 amide bonds. The Kier molecular flexibility index (Phi) is 8.41. The molecule has 1 fully saturated rings. The van der Waals surface area contributed by atoms with Gasteiger partial charge in [0.2, 0.25) is 11.8 Å². The predicted octanol–water partition coefficient (Wildman–Crippen LogP) is -0.0486. The summed E-state index contributed by atoms with van der Waals surface area (Å²) >= 11 is 0. The van der Waals surface area contributed by atoms with Crippen LogP contribution in [0.15, 0.2) is 24.3 Å². The van der Waals surface area contributed by atoms with Crippen molar-refractivity contribution < 1.29 is 24.6 Å². The molecule has 1 aromatic rings. The zero-order chi connectivity index (χ0) is 21.4. The molecule has 9 nitrogen and oxygen atoms in total. The Bertz CT molecular complexity index is 709. The number of phenolic OH excluding ortho intramolecular Hbond substituents is 1. The number of carboxylic acid groups (broad SMARTS) is 1. The van der Waals surface area contributed by atoms with E-state index in [4.69, 9.17) is 11.5 Å². The molecule has 1 aliphatic heterocycles. The molecule has 1 aliphatic rings. The normalized spacial score (nSPS) is 18.3. The van der Waals surface area contributed by atoms with Crippen molar-refractivity contribution in [2.24, 2.45) is 11.5 Å². The topological polar surface area (TPSA) is 159 Å². The third-order valence-electron chi connectivity index (χ3n) is 5.11. The average Bonchev–Trinajstić information content (AvgIpc) is 3.18. The highest BCUT2D eigenvalue weighted by Gasteiger charge is 2.37. The fourth-order valence-electron chi connectivity index (χ4n) is 3.49. The maximum absolute atomic E-state index is 13.0. The van der Waals surface area contributed by atoms with Crippen LogP contribution in [0.2, 0.25) is 0 Å². The molecule has 0 aliphatic carbocycles. The van der Waals surface area contributed by atoms with Crippen molar-refractivity contribution in [3.8, 4) is 5.75 Å². The lowest BCUT2D eigenvalue weighted by molar-refractivity contribution is -0.149. The Hall–Kier alpha value is -2.65. The van der Waals surface area contributed by atoms with E-state index in [-0.39, 0.29) is 12.2 Å². The number of aliphatic carboxylic acids is 1. The van der Waals surface area contributed by atoms with E-state index < -0.39 is 35.9 Å². The minimum Gasteiger partial charge on any atom is -0.508 e. The first-order valence-corrected chi connectivity index (χ1v) is 9.90. The van der Waals surface area contributed by atoms with Crippen LogP contribution < -0.4 is 16.8 Å². The van der Waals surface area contributed by atoms with Crippen LogP contribution >= 0.6 is 0 Å². The molecule has 1 aromatic carbocycles. The van der Waals surface area contributed by atoms with Gasteiger partial charge in [-0.2, -0.15) is 0 Å². The molecule has 0 saturated carbocycles. The van der Waals surface area contributed by atoms with Gasteiger partial charge < -0.3 is 31.9 Å². The Morgan fingerprint density at radius 2 is 1.90 bits per heavy atom. The Balaban J connectivity index is 2.04. The molecule has 1 saturated heterocycles. The minimum absolute atomic E-state index is 0.121. The quantitative estimate of drug-likeness (QED) is 0.341. The van der Waals surface area contributed by atoms with Crippen molar-refractivity contribution in [2.75, 3.05) is 13.1 Å². The number of nitrogens with one attached hydrogen (secondary N) is 1. The van der Waals surface area contributed by atoms with Gasteiger partial charge in [-0.25, -0.2) is 4.79 Å². The molecule has 0 bridgehead atoms. The highest BCUT2D eigenvalue weighted by atomic mass is 16.4. The zero-order valence-corrected chi connectivity index (χ0v) is 16.4. The number of amides is 2. The van der Waals surface area contributed by atoms with Crippen LogP contribution in [0.25, 0.3) is 0 Å². The summed E-state index contributed by atoms with van der Waals surface area (Å²) in [6, 6.07) is 3.80. The third kappa shape index (κ3) is 6.43. The lowest BCUT2D eigenvalue weighted by atomic mass is 10.0. The first-order valence-electron chi connectivity index (χ1n) is 9.90. The summed E-state index contributed by atoms with van der Waals surface area (Å²) < 4.78 is 0. The second kappa shape index (κ2) is 10.8. The van der Waals surface area contributed by atoms with E-state index in [1.807, 2.05) is 0 Å². The molecule has 1 heterocycles. The smallest absolute Gasteiger partial charge is 0.326 e. The molecule has 2 rings (SSSR count). The minimum atomic E-state index is -1.04. The van der Waals surface area contributed by atoms with Gasteiger partial charge in [0.25, 0.3) is 0 Å². The number of carbonyl (C=O) groups is 3. The lowest BCUT2D eigenvalue weighted by Gasteiger charge is -2.28. The van der Waals surface area contributed by atoms with Crippen LogP contribution in [-0.4, -0.2) is 64.1 Å². The third-order valence-corrected chi connectivity index (χ3v) is 5.11. The largest absolute Gasteiger partial charge is 0.508 e. The highest BCUT2D eigenvalue weighted by Crippen LogP contribution is 2.20. The van der Waals surface area contributed by atoms with Gasteiger partial charge in [-0.05, 0) is 62.8 Å². The zero-order valence-electron chi connectivity index (χ0n) is 16.4. The number of hydrogen-bond donors (Lipinski definition) is 5. The van der Waals surface area contributed by atoms with Crippen LogP contribution in [0.5, 0.6) is 5.75 Å². The van der Waals surface area contributed by atoms with Gasteiger partial charge in [-0.1, -0.05) is 12.1 Å². The Morgan fingerprint density at radius 1 is 1.21 bits per heavy atom. The van der Waals surface area contributed by atoms with Crippen LogP contribution in [0.1, 0.15) is 37.7 Å². The summed E-state index contributed by atoms with van der Waals surface area (Å²) in [6.07, 6.45) is 2.97. The van der Waals surface area contributed by atoms with Crippen molar-refractivity contribution in [3.63, 3.8) is 0 Å². The maximum atomic E-state index is 13.0. The van der Waals surface area contributed by atoms with E-state index in [2.05, 4.69) is 5.32 Å². The van der Waals surface area contributed by atoms with Crippen molar-refractivity contribution in [2.45, 2.75) is 56.7 Å². The van der Waals surface area contributed by atoms with Crippen LogP contribution in [0.3, 0.4) is 0 Å². The molecule has 0 unspecified atom stereocenters. The number of hydrogen-bond acceptors (Lipinski definition) is 6. The fourth-order valence-corrected chi connectivity index (χ4v) is 3.49. The number of likely N-dealkylation sites (tertiary alicyclic amines) is 1. The highest BCUT2D eigenvalue weighted by molar-refractivity contribution is 5.92. The molecule has 160 valence electrons. The number of carboxylic acids is 1. The number of rotatable bonds is 10. The fraction of sp³-hybridized carbons (Fsp3) is 0.550. The summed E-state index contributed by atoms with van der Waals surface area (Å²) in [6.45, 7) is 0.829. The van der Waals surface area contributed by atoms with E-state index >= 15 is 0 Å². The first kappa shape index (κ1) is 22.6. The van der Waals surface area contributed by atoms with E-state index in [9.17, 15) is 24.6 Å². The van der Waals surface area contributed by atoms with Crippen molar-refractivity contribution in [1.29, 1.82) is 0 Å². The van der Waals surface area contributed by atoms with Gasteiger partial charge in [0, 0.05) is 6.54 Å². The van der Waals surface area contributed by atoms with Gasteiger partial charge >= 0.3 is 5.97 Å². The first-order chi connectivity index (χ1) is 13.8. The van der Waals surface area contributed by atoms with Crippen LogP contribution in [0, 0.1) is 0 Å². The number of nitrogens with zero attached hydrogens (tertiary/aromatic N) is 1. The summed E-state index contributed by atoms with van der Waals surface area (Å²) in [7, 11) is 0. The Labute approximate surface area is 170 Å². The SMILES string of the molecule is NCCCC[C@H](NC(=O)[C@@H](N)Cc1ccc(O)cc1)C(=O)N1CCC[C@@H]1C(=O)O. The standard InChI is InChI=1S/C20H30N4O5/c21-10-2-1-4-16(19(27)24-11-3-5-17(24)20(28)29)23-18(26)15(22)12-13-6-8-14(25)9-7-13/h6-9,15-17,25H,1-5,10-12,21-22H2,(H,23,26)(H,28,29)/t15-,16-,17+/m0/s1. The van der Waals surface area contributed by atoms with Gasteiger partial charge in [-0.3, -0.25) is 9.59 Å². The summed E-state index contributed by atoms with van der Waals surface area (Å²) in [5.74, 6) is -1.78. The van der Waals surface area contributed by atoms with Crippen molar-refractivity contribution in [3.05, 3.63) is 29.8 Å². The van der Waals surface area contributed by atoms with Crippen LogP contribution in [-0.2, 0) is 20.8 Å². The number of phenols is 1. The monoisotopic (exact) mass is 406 g/mol. The number of aromatic hydroxyl groups is 1. The summed E-state index contributed by atoms with van der Waals surface area (Å²) in [5.41, 5.74) is 12.3. The van der Waals surface area contributed by atoms with Gasteiger partial charge in [0.15, 0.2) is 0 Å². The van der Waals surface area contributed by atoms with E-state index in [1.165, 1.54) is 17.0 Å². The molecule has 0 spiro atoms. The summed E-state index contributed by atoms with van der Waals surface area (Å²) in [4.78, 5) is 38.3. The van der Waals surface area contributed by atoms with Gasteiger partial charge in [0.05, 0.1) is 6.04 Å². The second-order valence-electron chi connectivity index (χ2n) is 7.35. The van der Waals surface area contributed by atoms with E-state index in [1.54, 1.807) is 12.1 Å².